The summed E-state index contributed by atoms with van der Waals surface area (Å²) in [5.74, 6) is -2.68. The van der Waals surface area contributed by atoms with Crippen molar-refractivity contribution in [2.45, 2.75) is 12.7 Å². The minimum atomic E-state index is -4.75. The molecule has 0 aliphatic carbocycles. The van der Waals surface area contributed by atoms with E-state index in [2.05, 4.69) is 10.4 Å². The Kier molecular flexibility index (Phi) is 5.45. The second-order valence-corrected chi connectivity index (χ2v) is 4.96. The Hall–Kier alpha value is -2.85. The standard InChI is InChI=1S/C14H14F4N4O3/c1-21-12(14(16,17)18)20-22(13(21)24)7-6-19-11(23)8-25-10-5-3-2-4-9(10)15/h2-5H,6-8H2,1H3,(H,19,23). The lowest BCUT2D eigenvalue weighted by Gasteiger charge is -2.07. The maximum absolute atomic E-state index is 13.3. The summed E-state index contributed by atoms with van der Waals surface area (Å²) in [7, 11) is 0.954. The minimum absolute atomic E-state index is 0.103. The number of aromatic nitrogens is 3. The van der Waals surface area contributed by atoms with E-state index in [0.717, 1.165) is 7.05 Å². The zero-order chi connectivity index (χ0) is 18.6. The first-order chi connectivity index (χ1) is 11.7. The molecule has 0 radical (unpaired) electrons. The van der Waals surface area contributed by atoms with Crippen LogP contribution in [-0.2, 0) is 24.6 Å². The van der Waals surface area contributed by atoms with Crippen molar-refractivity contribution in [3.63, 3.8) is 0 Å². The molecule has 2 aromatic rings. The van der Waals surface area contributed by atoms with Crippen molar-refractivity contribution < 1.29 is 27.1 Å². The molecular formula is C14H14F4N4O3. The first kappa shape index (κ1) is 18.5. The second kappa shape index (κ2) is 7.36. The topological polar surface area (TPSA) is 78.2 Å². The molecule has 11 heteroatoms. The van der Waals surface area contributed by atoms with Gasteiger partial charge >= 0.3 is 11.9 Å². The number of carbonyl (C=O) groups is 1. The Morgan fingerprint density at radius 1 is 1.32 bits per heavy atom. The molecule has 2 rings (SSSR count). The molecule has 1 amide bonds. The highest BCUT2D eigenvalue weighted by molar-refractivity contribution is 5.77. The summed E-state index contributed by atoms with van der Waals surface area (Å²) >= 11 is 0. The van der Waals surface area contributed by atoms with Crippen molar-refractivity contribution >= 4 is 5.91 Å². The Balaban J connectivity index is 1.86. The average Bonchev–Trinajstić information content (AvgIpc) is 2.82. The lowest BCUT2D eigenvalue weighted by atomic mass is 10.3. The van der Waals surface area contributed by atoms with Gasteiger partial charge < -0.3 is 10.1 Å². The summed E-state index contributed by atoms with van der Waals surface area (Å²) < 4.78 is 57.1. The molecule has 0 aliphatic rings. The highest BCUT2D eigenvalue weighted by atomic mass is 19.4. The predicted molar refractivity (Wildman–Crippen MR) is 77.4 cm³/mol. The molecule has 0 bridgehead atoms. The van der Waals surface area contributed by atoms with Crippen molar-refractivity contribution in [3.8, 4) is 5.75 Å². The molecule has 0 fully saturated rings. The maximum atomic E-state index is 13.3. The maximum Gasteiger partial charge on any atom is 0.451 e. The molecule has 0 spiro atoms. The van der Waals surface area contributed by atoms with Gasteiger partial charge in [0.25, 0.3) is 5.91 Å². The number of carbonyl (C=O) groups excluding carboxylic acids is 1. The van der Waals surface area contributed by atoms with Crippen LogP contribution in [0.25, 0.3) is 0 Å². The lowest BCUT2D eigenvalue weighted by molar-refractivity contribution is -0.147. The number of hydrogen-bond donors (Lipinski definition) is 1. The van der Waals surface area contributed by atoms with Crippen molar-refractivity contribution in [3.05, 3.63) is 46.4 Å². The van der Waals surface area contributed by atoms with Crippen LogP contribution in [0, 0.1) is 5.82 Å². The highest BCUT2D eigenvalue weighted by Gasteiger charge is 2.37. The van der Waals surface area contributed by atoms with E-state index >= 15 is 0 Å². The molecule has 7 nitrogen and oxygen atoms in total. The number of nitrogens with zero attached hydrogens (tertiary/aromatic N) is 3. The number of rotatable bonds is 6. The van der Waals surface area contributed by atoms with Crippen molar-refractivity contribution in [2.24, 2.45) is 7.05 Å². The summed E-state index contributed by atoms with van der Waals surface area (Å²) in [6.45, 7) is -0.881. The zero-order valence-electron chi connectivity index (χ0n) is 13.0. The smallest absolute Gasteiger partial charge is 0.451 e. The monoisotopic (exact) mass is 362 g/mol. The van der Waals surface area contributed by atoms with Crippen LogP contribution in [0.1, 0.15) is 5.82 Å². The van der Waals surface area contributed by atoms with E-state index in [0.29, 0.717) is 9.25 Å². The van der Waals surface area contributed by atoms with Gasteiger partial charge in [0.1, 0.15) is 0 Å². The van der Waals surface area contributed by atoms with Gasteiger partial charge in [0.05, 0.1) is 6.54 Å². The molecule has 0 unspecified atom stereocenters. The fourth-order valence-electron chi connectivity index (χ4n) is 1.94. The van der Waals surface area contributed by atoms with E-state index in [9.17, 15) is 27.2 Å². The van der Waals surface area contributed by atoms with E-state index in [-0.39, 0.29) is 18.8 Å². The van der Waals surface area contributed by atoms with Crippen LogP contribution in [0.3, 0.4) is 0 Å². The summed E-state index contributed by atoms with van der Waals surface area (Å²) in [6.07, 6.45) is -4.75. The SMILES string of the molecule is Cn1c(C(F)(F)F)nn(CCNC(=O)COc2ccccc2F)c1=O. The lowest BCUT2D eigenvalue weighted by Crippen LogP contribution is -2.34. The van der Waals surface area contributed by atoms with Crippen LogP contribution >= 0.6 is 0 Å². The summed E-state index contributed by atoms with van der Waals surface area (Å²) in [5, 5.41) is 5.53. The van der Waals surface area contributed by atoms with Gasteiger partial charge in [-0.2, -0.15) is 13.2 Å². The molecule has 1 aromatic carbocycles. The van der Waals surface area contributed by atoms with E-state index in [1.165, 1.54) is 24.3 Å². The zero-order valence-corrected chi connectivity index (χ0v) is 13.0. The van der Waals surface area contributed by atoms with Crippen molar-refractivity contribution in [1.82, 2.24) is 19.7 Å². The van der Waals surface area contributed by atoms with Crippen LogP contribution in [-0.4, -0.2) is 33.4 Å². The van der Waals surface area contributed by atoms with Gasteiger partial charge in [-0.05, 0) is 12.1 Å². The number of halogens is 4. The normalized spacial score (nSPS) is 11.4. The van der Waals surface area contributed by atoms with E-state index in [4.69, 9.17) is 4.74 Å². The van der Waals surface area contributed by atoms with E-state index in [1.54, 1.807) is 0 Å². The van der Waals surface area contributed by atoms with Gasteiger partial charge in [-0.25, -0.2) is 13.9 Å². The van der Waals surface area contributed by atoms with Gasteiger partial charge in [-0.3, -0.25) is 9.36 Å². The average molecular weight is 362 g/mol. The predicted octanol–water partition coefficient (Wildman–Crippen LogP) is 0.935. The summed E-state index contributed by atoms with van der Waals surface area (Å²) in [6, 6.07) is 5.50. The van der Waals surface area contributed by atoms with Crippen LogP contribution in [0.4, 0.5) is 17.6 Å². The Morgan fingerprint density at radius 2 is 2.00 bits per heavy atom. The van der Waals surface area contributed by atoms with Crippen LogP contribution in [0.15, 0.2) is 29.1 Å². The largest absolute Gasteiger partial charge is 0.481 e. The minimum Gasteiger partial charge on any atom is -0.481 e. The molecule has 0 saturated carbocycles. The number of hydrogen-bond acceptors (Lipinski definition) is 4. The molecule has 0 atom stereocenters. The van der Waals surface area contributed by atoms with Crippen LogP contribution in [0.5, 0.6) is 5.75 Å². The van der Waals surface area contributed by atoms with Crippen molar-refractivity contribution in [2.75, 3.05) is 13.2 Å². The first-order valence-corrected chi connectivity index (χ1v) is 7.05. The molecule has 1 N–H and O–H groups in total. The molecule has 1 heterocycles. The van der Waals surface area contributed by atoms with Gasteiger partial charge in [0.2, 0.25) is 5.82 Å². The molecule has 0 aliphatic heterocycles. The second-order valence-electron chi connectivity index (χ2n) is 4.96. The van der Waals surface area contributed by atoms with E-state index in [1.807, 2.05) is 0 Å². The van der Waals surface area contributed by atoms with Crippen LogP contribution in [0.2, 0.25) is 0 Å². The third kappa shape index (κ3) is 4.58. The van der Waals surface area contributed by atoms with Gasteiger partial charge in [-0.1, -0.05) is 12.1 Å². The van der Waals surface area contributed by atoms with Gasteiger partial charge in [0.15, 0.2) is 18.2 Å². The van der Waals surface area contributed by atoms with Gasteiger partial charge in [0, 0.05) is 13.6 Å². The number of para-hydroxylation sites is 1. The van der Waals surface area contributed by atoms with Crippen molar-refractivity contribution in [1.29, 1.82) is 0 Å². The Morgan fingerprint density at radius 3 is 2.60 bits per heavy atom. The third-order valence-corrected chi connectivity index (χ3v) is 3.14. The fourth-order valence-corrected chi connectivity index (χ4v) is 1.94. The molecular weight excluding hydrogens is 348 g/mol. The summed E-state index contributed by atoms with van der Waals surface area (Å²) in [5.41, 5.74) is -0.954. The number of benzene rings is 1. The van der Waals surface area contributed by atoms with Gasteiger partial charge in [-0.15, -0.1) is 5.10 Å². The summed E-state index contributed by atoms with van der Waals surface area (Å²) in [4.78, 5) is 23.2. The van der Waals surface area contributed by atoms with Crippen LogP contribution < -0.4 is 15.7 Å². The molecule has 25 heavy (non-hydrogen) atoms. The third-order valence-electron chi connectivity index (χ3n) is 3.14. The number of nitrogens with one attached hydrogen (secondary N) is 1. The number of amides is 1. The highest BCUT2D eigenvalue weighted by Crippen LogP contribution is 2.25. The molecule has 136 valence electrons. The molecule has 0 saturated heterocycles. The Labute approximate surface area is 138 Å². The number of ether oxygens (including phenoxy) is 1. The quantitative estimate of drug-likeness (QED) is 0.776. The fraction of sp³-hybridized carbons (Fsp3) is 0.357. The first-order valence-electron chi connectivity index (χ1n) is 7.05. The Bertz CT molecular complexity index is 813. The number of alkyl halides is 3. The van der Waals surface area contributed by atoms with E-state index < -0.39 is 36.0 Å². The molecule has 1 aromatic heterocycles.